The Morgan fingerprint density at radius 3 is 2.76 bits per heavy atom. The standard InChI is InChI=1S/C17H20FN3O4/c1-4-9(2)15(17(24)25-3)19-16(23)13-8-12(20-21-13)11-7-10(18)5-6-14(11)22/h5-9,15,22H,4H2,1-3H3,(H,19,23)(H,20,21). The molecular formula is C17H20FN3O4. The van der Waals surface area contributed by atoms with Crippen molar-refractivity contribution >= 4 is 11.9 Å². The lowest BCUT2D eigenvalue weighted by atomic mass is 9.99. The number of nitrogens with one attached hydrogen (secondary N) is 2. The maximum Gasteiger partial charge on any atom is 0.328 e. The molecule has 0 fully saturated rings. The van der Waals surface area contributed by atoms with Crippen LogP contribution in [0.4, 0.5) is 4.39 Å². The summed E-state index contributed by atoms with van der Waals surface area (Å²) in [6.45, 7) is 3.72. The zero-order chi connectivity index (χ0) is 18.6. The van der Waals surface area contributed by atoms with Crippen LogP contribution in [-0.4, -0.2) is 40.3 Å². The van der Waals surface area contributed by atoms with Crippen LogP contribution in [0, 0.1) is 11.7 Å². The molecule has 7 nitrogen and oxygen atoms in total. The van der Waals surface area contributed by atoms with Gasteiger partial charge in [-0.1, -0.05) is 20.3 Å². The number of halogens is 1. The highest BCUT2D eigenvalue weighted by Gasteiger charge is 2.27. The number of amides is 1. The first-order valence-electron chi connectivity index (χ1n) is 7.80. The Morgan fingerprint density at radius 2 is 2.12 bits per heavy atom. The molecule has 1 aromatic carbocycles. The van der Waals surface area contributed by atoms with E-state index in [4.69, 9.17) is 4.74 Å². The Hall–Kier alpha value is -2.90. The van der Waals surface area contributed by atoms with E-state index >= 15 is 0 Å². The molecule has 1 amide bonds. The molecule has 0 aliphatic rings. The summed E-state index contributed by atoms with van der Waals surface area (Å²) in [5, 5.41) is 18.9. The van der Waals surface area contributed by atoms with E-state index in [1.165, 1.54) is 19.2 Å². The highest BCUT2D eigenvalue weighted by Crippen LogP contribution is 2.28. The molecule has 2 unspecified atom stereocenters. The highest BCUT2D eigenvalue weighted by atomic mass is 19.1. The molecule has 25 heavy (non-hydrogen) atoms. The second-order valence-corrected chi connectivity index (χ2v) is 5.69. The molecule has 1 heterocycles. The third kappa shape index (κ3) is 4.14. The van der Waals surface area contributed by atoms with Gasteiger partial charge in [-0.2, -0.15) is 5.10 Å². The highest BCUT2D eigenvalue weighted by molar-refractivity contribution is 5.96. The number of phenols is 1. The number of benzene rings is 1. The van der Waals surface area contributed by atoms with Gasteiger partial charge in [0.2, 0.25) is 0 Å². The molecule has 2 atom stereocenters. The number of rotatable bonds is 6. The number of ether oxygens (including phenoxy) is 1. The summed E-state index contributed by atoms with van der Waals surface area (Å²) in [4.78, 5) is 24.2. The first-order chi connectivity index (χ1) is 11.9. The van der Waals surface area contributed by atoms with Crippen molar-refractivity contribution in [2.75, 3.05) is 7.11 Å². The quantitative estimate of drug-likeness (QED) is 0.694. The second-order valence-electron chi connectivity index (χ2n) is 5.69. The lowest BCUT2D eigenvalue weighted by molar-refractivity contribution is -0.144. The van der Waals surface area contributed by atoms with Crippen LogP contribution in [-0.2, 0) is 9.53 Å². The Kier molecular flexibility index (Phi) is 5.74. The minimum absolute atomic E-state index is 0.0795. The summed E-state index contributed by atoms with van der Waals surface area (Å²) < 4.78 is 18.1. The van der Waals surface area contributed by atoms with Crippen molar-refractivity contribution in [3.8, 4) is 17.0 Å². The van der Waals surface area contributed by atoms with Crippen LogP contribution < -0.4 is 5.32 Å². The lowest BCUT2D eigenvalue weighted by Gasteiger charge is -2.21. The summed E-state index contributed by atoms with van der Waals surface area (Å²) in [7, 11) is 1.25. The number of H-pyrrole nitrogens is 1. The molecule has 0 bridgehead atoms. The third-order valence-electron chi connectivity index (χ3n) is 4.01. The number of aromatic nitrogens is 2. The van der Waals surface area contributed by atoms with Gasteiger partial charge in [-0.15, -0.1) is 0 Å². The van der Waals surface area contributed by atoms with Gasteiger partial charge in [-0.05, 0) is 30.2 Å². The molecule has 0 saturated carbocycles. The van der Waals surface area contributed by atoms with Crippen LogP contribution >= 0.6 is 0 Å². The Bertz CT molecular complexity index is 775. The number of esters is 1. The Labute approximate surface area is 144 Å². The van der Waals surface area contributed by atoms with Gasteiger partial charge in [0.15, 0.2) is 0 Å². The molecule has 8 heteroatoms. The van der Waals surface area contributed by atoms with E-state index in [1.807, 2.05) is 13.8 Å². The molecule has 0 radical (unpaired) electrons. The number of aromatic amines is 1. The smallest absolute Gasteiger partial charge is 0.328 e. The maximum absolute atomic E-state index is 13.3. The van der Waals surface area contributed by atoms with E-state index in [1.54, 1.807) is 0 Å². The van der Waals surface area contributed by atoms with Crippen molar-refractivity contribution < 1.29 is 23.8 Å². The van der Waals surface area contributed by atoms with Crippen LogP contribution in [0.15, 0.2) is 24.3 Å². The summed E-state index contributed by atoms with van der Waals surface area (Å²) in [6.07, 6.45) is 0.672. The number of hydrogen-bond acceptors (Lipinski definition) is 5. The Morgan fingerprint density at radius 1 is 1.40 bits per heavy atom. The zero-order valence-electron chi connectivity index (χ0n) is 14.2. The van der Waals surface area contributed by atoms with Gasteiger partial charge in [0.25, 0.3) is 5.91 Å². The van der Waals surface area contributed by atoms with Crippen LogP contribution in [0.1, 0.15) is 30.8 Å². The van der Waals surface area contributed by atoms with Gasteiger partial charge >= 0.3 is 5.97 Å². The van der Waals surface area contributed by atoms with Crippen LogP contribution in [0.2, 0.25) is 0 Å². The topological polar surface area (TPSA) is 104 Å². The van der Waals surface area contributed by atoms with Gasteiger partial charge in [-0.3, -0.25) is 9.89 Å². The number of aromatic hydroxyl groups is 1. The summed E-state index contributed by atoms with van der Waals surface area (Å²) in [6, 6.07) is 4.01. The predicted octanol–water partition coefficient (Wildman–Crippen LogP) is 2.24. The minimum atomic E-state index is -0.795. The average Bonchev–Trinajstić information content (AvgIpc) is 3.10. The van der Waals surface area contributed by atoms with E-state index in [2.05, 4.69) is 15.5 Å². The van der Waals surface area contributed by atoms with Gasteiger partial charge in [0.1, 0.15) is 23.3 Å². The number of hydrogen-bond donors (Lipinski definition) is 3. The van der Waals surface area contributed by atoms with Crippen molar-refractivity contribution in [3.63, 3.8) is 0 Å². The Balaban J connectivity index is 2.22. The van der Waals surface area contributed by atoms with Crippen molar-refractivity contribution in [1.29, 1.82) is 0 Å². The molecular weight excluding hydrogens is 329 g/mol. The number of carbonyl (C=O) groups is 2. The number of nitrogens with zero attached hydrogens (tertiary/aromatic N) is 1. The maximum atomic E-state index is 13.3. The normalized spacial score (nSPS) is 13.1. The molecule has 1 aromatic heterocycles. The SMILES string of the molecule is CCC(C)C(NC(=O)c1cc(-c2cc(F)ccc2O)n[nH]1)C(=O)OC. The van der Waals surface area contributed by atoms with E-state index in [-0.39, 0.29) is 28.6 Å². The monoisotopic (exact) mass is 349 g/mol. The van der Waals surface area contributed by atoms with Crippen LogP contribution in [0.3, 0.4) is 0 Å². The number of methoxy groups -OCH3 is 1. The molecule has 0 aliphatic heterocycles. The minimum Gasteiger partial charge on any atom is -0.507 e. The molecule has 3 N–H and O–H groups in total. The second kappa shape index (κ2) is 7.78. The fourth-order valence-corrected chi connectivity index (χ4v) is 2.30. The zero-order valence-corrected chi connectivity index (χ0v) is 14.2. The van der Waals surface area contributed by atoms with Gasteiger partial charge < -0.3 is 15.2 Å². The van der Waals surface area contributed by atoms with E-state index in [0.29, 0.717) is 6.42 Å². The largest absolute Gasteiger partial charge is 0.507 e. The van der Waals surface area contributed by atoms with Crippen molar-refractivity contribution in [2.45, 2.75) is 26.3 Å². The molecule has 0 saturated heterocycles. The van der Waals surface area contributed by atoms with E-state index in [0.717, 1.165) is 12.1 Å². The summed E-state index contributed by atoms with van der Waals surface area (Å²) >= 11 is 0. The molecule has 2 rings (SSSR count). The lowest BCUT2D eigenvalue weighted by Crippen LogP contribution is -2.45. The fourth-order valence-electron chi connectivity index (χ4n) is 2.30. The van der Waals surface area contributed by atoms with Crippen molar-refractivity contribution in [3.05, 3.63) is 35.8 Å². The average molecular weight is 349 g/mol. The molecule has 2 aromatic rings. The van der Waals surface area contributed by atoms with Crippen LogP contribution in [0.5, 0.6) is 5.75 Å². The third-order valence-corrected chi connectivity index (χ3v) is 4.01. The fraction of sp³-hybridized carbons (Fsp3) is 0.353. The molecule has 0 aliphatic carbocycles. The van der Waals surface area contributed by atoms with Gasteiger partial charge in [-0.25, -0.2) is 9.18 Å². The van der Waals surface area contributed by atoms with Crippen LogP contribution in [0.25, 0.3) is 11.3 Å². The summed E-state index contributed by atoms with van der Waals surface area (Å²) in [5.74, 6) is -1.90. The predicted molar refractivity (Wildman–Crippen MR) is 88.4 cm³/mol. The summed E-state index contributed by atoms with van der Waals surface area (Å²) in [5.41, 5.74) is 0.443. The van der Waals surface area contributed by atoms with Crippen molar-refractivity contribution in [2.24, 2.45) is 5.92 Å². The van der Waals surface area contributed by atoms with E-state index < -0.39 is 23.7 Å². The number of carbonyl (C=O) groups excluding carboxylic acids is 2. The van der Waals surface area contributed by atoms with Gasteiger partial charge in [0, 0.05) is 5.56 Å². The van der Waals surface area contributed by atoms with E-state index in [9.17, 15) is 19.1 Å². The first-order valence-corrected chi connectivity index (χ1v) is 7.80. The van der Waals surface area contributed by atoms with Crippen molar-refractivity contribution in [1.82, 2.24) is 15.5 Å². The first kappa shape index (κ1) is 18.4. The molecule has 0 spiro atoms. The molecule has 134 valence electrons. The number of phenolic OH excluding ortho intramolecular Hbond substituents is 1. The van der Waals surface area contributed by atoms with Gasteiger partial charge in [0.05, 0.1) is 12.8 Å².